The van der Waals surface area contributed by atoms with E-state index in [0.717, 1.165) is 18.6 Å². The lowest BCUT2D eigenvalue weighted by molar-refractivity contribution is -0.137. The van der Waals surface area contributed by atoms with Crippen LogP contribution >= 0.6 is 11.6 Å². The first kappa shape index (κ1) is 19.0. The predicted molar refractivity (Wildman–Crippen MR) is 90.0 cm³/mol. The van der Waals surface area contributed by atoms with Gasteiger partial charge in [-0.05, 0) is 37.6 Å². The smallest absolute Gasteiger partial charge is 0.354 e. The molecule has 5 nitrogen and oxygen atoms in total. The fourth-order valence-electron chi connectivity index (χ4n) is 2.02. The molecular weight excluding hydrogens is 357 g/mol. The summed E-state index contributed by atoms with van der Waals surface area (Å²) < 4.78 is 38.7. The first-order chi connectivity index (χ1) is 11.7. The largest absolute Gasteiger partial charge is 0.417 e. The van der Waals surface area contributed by atoms with Gasteiger partial charge >= 0.3 is 6.18 Å². The molecule has 25 heavy (non-hydrogen) atoms. The van der Waals surface area contributed by atoms with Gasteiger partial charge in [-0.3, -0.25) is 4.79 Å². The average Bonchev–Trinajstić information content (AvgIpc) is 2.53. The highest BCUT2D eigenvalue weighted by Crippen LogP contribution is 2.36. The second-order valence-electron chi connectivity index (χ2n) is 5.29. The number of alkyl halides is 3. The summed E-state index contributed by atoms with van der Waals surface area (Å²) in [5.74, 6) is -0.348. The monoisotopic (exact) mass is 372 g/mol. The number of amides is 1. The van der Waals surface area contributed by atoms with Crippen molar-refractivity contribution in [3.8, 4) is 0 Å². The van der Waals surface area contributed by atoms with Crippen molar-refractivity contribution >= 4 is 29.1 Å². The molecule has 0 aliphatic rings. The maximum Gasteiger partial charge on any atom is 0.417 e. The van der Waals surface area contributed by atoms with E-state index in [-0.39, 0.29) is 11.4 Å². The Morgan fingerprint density at radius 1 is 1.24 bits per heavy atom. The summed E-state index contributed by atoms with van der Waals surface area (Å²) in [5, 5.41) is 4.92. The summed E-state index contributed by atoms with van der Waals surface area (Å²) >= 11 is 5.56. The molecule has 9 heteroatoms. The Balaban J connectivity index is 2.24. The van der Waals surface area contributed by atoms with Gasteiger partial charge in [0.2, 0.25) is 5.95 Å². The Bertz CT molecular complexity index is 780. The van der Waals surface area contributed by atoms with E-state index < -0.39 is 22.7 Å². The number of nitrogens with one attached hydrogen (secondary N) is 2. The zero-order valence-electron chi connectivity index (χ0n) is 13.5. The number of nitrogens with zero attached hydrogens (tertiary/aromatic N) is 2. The molecule has 1 amide bonds. The van der Waals surface area contributed by atoms with E-state index in [2.05, 4.69) is 20.6 Å². The number of carbonyl (C=O) groups excluding carboxylic acids is 1. The van der Waals surface area contributed by atoms with Crippen LogP contribution in [-0.4, -0.2) is 22.4 Å². The van der Waals surface area contributed by atoms with Crippen molar-refractivity contribution in [1.82, 2.24) is 9.97 Å². The van der Waals surface area contributed by atoms with Crippen LogP contribution in [0.15, 0.2) is 24.3 Å². The van der Waals surface area contributed by atoms with Gasteiger partial charge in [-0.1, -0.05) is 18.5 Å². The number of hydrogen-bond donors (Lipinski definition) is 2. The molecule has 0 aliphatic heterocycles. The topological polar surface area (TPSA) is 66.9 Å². The van der Waals surface area contributed by atoms with E-state index >= 15 is 0 Å². The Hall–Kier alpha value is -2.35. The van der Waals surface area contributed by atoms with Crippen molar-refractivity contribution in [2.45, 2.75) is 26.4 Å². The number of rotatable bonds is 5. The molecule has 0 unspecified atom stereocenters. The number of benzene rings is 1. The maximum absolute atomic E-state index is 12.9. The van der Waals surface area contributed by atoms with Gasteiger partial charge in [0.15, 0.2) is 0 Å². The highest BCUT2D eigenvalue weighted by molar-refractivity contribution is 6.31. The standard InChI is InChI=1S/C16H16ClF3N4O/c1-3-6-21-15-22-9(2)7-13(24-15)14(25)23-10-4-5-12(17)11(8-10)16(18,19)20/h4-5,7-8H,3,6H2,1-2H3,(H,23,25)(H,21,22,24). The van der Waals surface area contributed by atoms with Crippen LogP contribution in [0.4, 0.5) is 24.8 Å². The van der Waals surface area contributed by atoms with Crippen LogP contribution in [-0.2, 0) is 6.18 Å². The summed E-state index contributed by atoms with van der Waals surface area (Å²) in [6, 6.07) is 4.61. The van der Waals surface area contributed by atoms with Crippen molar-refractivity contribution in [3.63, 3.8) is 0 Å². The minimum atomic E-state index is -4.61. The SMILES string of the molecule is CCCNc1nc(C)cc(C(=O)Nc2ccc(Cl)c(C(F)(F)F)c2)n1. The fourth-order valence-corrected chi connectivity index (χ4v) is 2.24. The van der Waals surface area contributed by atoms with Gasteiger partial charge in [0.25, 0.3) is 5.91 Å². The molecule has 0 fully saturated rings. The third-order valence-corrected chi connectivity index (χ3v) is 3.48. The van der Waals surface area contributed by atoms with E-state index in [1.807, 2.05) is 6.92 Å². The molecule has 2 aromatic rings. The van der Waals surface area contributed by atoms with Crippen LogP contribution < -0.4 is 10.6 Å². The van der Waals surface area contributed by atoms with E-state index in [4.69, 9.17) is 11.6 Å². The molecule has 0 atom stereocenters. The first-order valence-corrected chi connectivity index (χ1v) is 7.86. The van der Waals surface area contributed by atoms with Gasteiger partial charge in [-0.25, -0.2) is 9.97 Å². The van der Waals surface area contributed by atoms with Crippen LogP contribution in [0.25, 0.3) is 0 Å². The lowest BCUT2D eigenvalue weighted by Crippen LogP contribution is -2.17. The summed E-state index contributed by atoms with van der Waals surface area (Å²) in [7, 11) is 0. The van der Waals surface area contributed by atoms with E-state index in [9.17, 15) is 18.0 Å². The number of aromatic nitrogens is 2. The van der Waals surface area contributed by atoms with Crippen LogP contribution in [0, 0.1) is 6.92 Å². The van der Waals surface area contributed by atoms with Crippen molar-refractivity contribution < 1.29 is 18.0 Å². The Labute approximate surface area is 147 Å². The third kappa shape index (κ3) is 5.06. The molecule has 1 heterocycles. The molecule has 2 rings (SSSR count). The number of hydrogen-bond acceptors (Lipinski definition) is 4. The first-order valence-electron chi connectivity index (χ1n) is 7.48. The molecule has 0 saturated carbocycles. The molecule has 0 bridgehead atoms. The lowest BCUT2D eigenvalue weighted by atomic mass is 10.2. The van der Waals surface area contributed by atoms with Crippen LogP contribution in [0.3, 0.4) is 0 Å². The van der Waals surface area contributed by atoms with Gasteiger partial charge in [0.05, 0.1) is 10.6 Å². The van der Waals surface area contributed by atoms with Crippen LogP contribution in [0.5, 0.6) is 0 Å². The molecular formula is C16H16ClF3N4O. The van der Waals surface area contributed by atoms with Gasteiger partial charge in [0, 0.05) is 17.9 Å². The maximum atomic E-state index is 12.9. The molecule has 134 valence electrons. The van der Waals surface area contributed by atoms with Crippen LogP contribution in [0.1, 0.15) is 35.1 Å². The molecule has 0 spiro atoms. The van der Waals surface area contributed by atoms with E-state index in [0.29, 0.717) is 18.2 Å². The highest BCUT2D eigenvalue weighted by atomic mass is 35.5. The van der Waals surface area contributed by atoms with Crippen molar-refractivity contribution in [1.29, 1.82) is 0 Å². The molecule has 0 saturated heterocycles. The van der Waals surface area contributed by atoms with Crippen molar-refractivity contribution in [3.05, 3.63) is 46.2 Å². The number of anilines is 2. The zero-order valence-corrected chi connectivity index (χ0v) is 14.3. The Kier molecular flexibility index (Phi) is 5.84. The van der Waals surface area contributed by atoms with Gasteiger partial charge in [-0.2, -0.15) is 13.2 Å². The average molecular weight is 373 g/mol. The third-order valence-electron chi connectivity index (χ3n) is 3.15. The van der Waals surface area contributed by atoms with Crippen molar-refractivity contribution in [2.24, 2.45) is 0 Å². The molecule has 0 radical (unpaired) electrons. The number of aryl methyl sites for hydroxylation is 1. The highest BCUT2D eigenvalue weighted by Gasteiger charge is 2.33. The van der Waals surface area contributed by atoms with E-state index in [1.165, 1.54) is 12.1 Å². The lowest BCUT2D eigenvalue weighted by Gasteiger charge is -2.12. The minimum Gasteiger partial charge on any atom is -0.354 e. The summed E-state index contributed by atoms with van der Waals surface area (Å²) in [6.07, 6.45) is -3.76. The number of halogens is 4. The molecule has 0 aliphatic carbocycles. The number of carbonyl (C=O) groups is 1. The second kappa shape index (κ2) is 7.69. The fraction of sp³-hybridized carbons (Fsp3) is 0.312. The summed E-state index contributed by atoms with van der Waals surface area (Å²) in [6.45, 7) is 4.30. The van der Waals surface area contributed by atoms with Crippen molar-refractivity contribution in [2.75, 3.05) is 17.2 Å². The minimum absolute atomic E-state index is 0.0268. The summed E-state index contributed by atoms with van der Waals surface area (Å²) in [4.78, 5) is 20.5. The second-order valence-corrected chi connectivity index (χ2v) is 5.70. The van der Waals surface area contributed by atoms with Gasteiger partial charge in [0.1, 0.15) is 5.69 Å². The molecule has 1 aromatic carbocycles. The van der Waals surface area contributed by atoms with Gasteiger partial charge in [-0.15, -0.1) is 0 Å². The Morgan fingerprint density at radius 3 is 2.60 bits per heavy atom. The van der Waals surface area contributed by atoms with Gasteiger partial charge < -0.3 is 10.6 Å². The van der Waals surface area contributed by atoms with Crippen LogP contribution in [0.2, 0.25) is 5.02 Å². The quantitative estimate of drug-likeness (QED) is 0.809. The predicted octanol–water partition coefficient (Wildman–Crippen LogP) is 4.53. The molecule has 1 aromatic heterocycles. The molecule has 2 N–H and O–H groups in total. The summed E-state index contributed by atoms with van der Waals surface area (Å²) in [5.41, 5.74) is -0.433. The zero-order chi connectivity index (χ0) is 18.6. The normalized spacial score (nSPS) is 11.3. The Morgan fingerprint density at radius 2 is 1.96 bits per heavy atom. The van der Waals surface area contributed by atoms with E-state index in [1.54, 1.807) is 6.92 Å².